The quantitative estimate of drug-likeness (QED) is 0.722. The second-order valence-corrected chi connectivity index (χ2v) is 8.59. The van der Waals surface area contributed by atoms with Crippen molar-refractivity contribution in [3.8, 4) is 17.0 Å². The molecule has 0 bridgehead atoms. The number of ether oxygens (including phenoxy) is 1. The molecule has 0 saturated carbocycles. The zero-order valence-corrected chi connectivity index (χ0v) is 15.8. The Labute approximate surface area is 152 Å². The molecule has 3 rings (SSSR count). The molecule has 0 aliphatic heterocycles. The first kappa shape index (κ1) is 18.2. The van der Waals surface area contributed by atoms with Crippen molar-refractivity contribution in [1.82, 2.24) is 19.1 Å². The van der Waals surface area contributed by atoms with Crippen LogP contribution in [0.5, 0.6) is 5.88 Å². The average Bonchev–Trinajstić information content (AvgIpc) is 2.91. The molecule has 3 aromatic rings. The van der Waals surface area contributed by atoms with E-state index in [0.717, 1.165) is 5.56 Å². The number of hydrogen-bond acceptors (Lipinski definition) is 6. The first-order chi connectivity index (χ1) is 12.1. The van der Waals surface area contributed by atoms with Gasteiger partial charge in [-0.2, -0.15) is 0 Å². The minimum absolute atomic E-state index is 0.0160. The molecule has 0 spiro atoms. The molecule has 3 N–H and O–H groups in total. The highest BCUT2D eigenvalue weighted by Gasteiger charge is 2.26. The van der Waals surface area contributed by atoms with E-state index in [1.54, 1.807) is 49.7 Å². The van der Waals surface area contributed by atoms with E-state index in [1.807, 2.05) is 12.3 Å². The van der Waals surface area contributed by atoms with Crippen molar-refractivity contribution in [3.63, 3.8) is 0 Å². The van der Waals surface area contributed by atoms with Gasteiger partial charge in [0.15, 0.2) is 0 Å². The topological polar surface area (TPSA) is 112 Å². The summed E-state index contributed by atoms with van der Waals surface area (Å²) in [6.07, 6.45) is 5.07. The summed E-state index contributed by atoms with van der Waals surface area (Å²) in [6, 6.07) is 5.18. The van der Waals surface area contributed by atoms with E-state index in [4.69, 9.17) is 10.5 Å². The molecule has 0 aliphatic carbocycles. The maximum atomic E-state index is 12.8. The van der Waals surface area contributed by atoms with Gasteiger partial charge < -0.3 is 14.9 Å². The van der Waals surface area contributed by atoms with Crippen LogP contribution >= 0.6 is 0 Å². The van der Waals surface area contributed by atoms with Crippen LogP contribution in [0.4, 0.5) is 5.82 Å². The number of nitrogens with one attached hydrogen (secondary N) is 1. The number of rotatable bonds is 4. The van der Waals surface area contributed by atoms with Gasteiger partial charge in [-0.3, -0.25) is 0 Å². The third kappa shape index (κ3) is 3.63. The van der Waals surface area contributed by atoms with Crippen LogP contribution in [0.1, 0.15) is 20.8 Å². The van der Waals surface area contributed by atoms with Crippen molar-refractivity contribution >= 4 is 21.5 Å². The Morgan fingerprint density at radius 2 is 1.92 bits per heavy atom. The Morgan fingerprint density at radius 3 is 2.58 bits per heavy atom. The number of fused-ring (bicyclic) bond motifs is 1. The van der Waals surface area contributed by atoms with Crippen molar-refractivity contribution in [3.05, 3.63) is 36.8 Å². The Bertz CT molecular complexity index is 1070. The Balaban J connectivity index is 2.11. The van der Waals surface area contributed by atoms with Gasteiger partial charge in [-0.15, -0.1) is 0 Å². The summed E-state index contributed by atoms with van der Waals surface area (Å²) in [4.78, 5) is 8.32. The van der Waals surface area contributed by atoms with Gasteiger partial charge in [0.1, 0.15) is 16.4 Å². The normalized spacial score (nSPS) is 12.5. The molecule has 0 amide bonds. The fraction of sp³-hybridized carbons (Fsp3) is 0.294. The first-order valence-corrected chi connectivity index (χ1v) is 9.40. The summed E-state index contributed by atoms with van der Waals surface area (Å²) in [5, 5.41) is 0. The zero-order valence-electron chi connectivity index (χ0n) is 15.0. The molecule has 0 aromatic carbocycles. The van der Waals surface area contributed by atoms with Crippen molar-refractivity contribution in [1.29, 1.82) is 0 Å². The minimum atomic E-state index is -3.81. The van der Waals surface area contributed by atoms with Gasteiger partial charge in [0.05, 0.1) is 13.3 Å². The van der Waals surface area contributed by atoms with E-state index in [-0.39, 0.29) is 10.8 Å². The van der Waals surface area contributed by atoms with E-state index in [9.17, 15) is 8.42 Å². The number of hydrogen-bond donors (Lipinski definition) is 2. The molecule has 0 unspecified atom stereocenters. The number of nitrogens with two attached hydrogens (primary N) is 1. The van der Waals surface area contributed by atoms with Gasteiger partial charge in [-0.25, -0.2) is 23.1 Å². The lowest BCUT2D eigenvalue weighted by Crippen LogP contribution is -2.40. The Hall–Kier alpha value is -2.65. The Morgan fingerprint density at radius 1 is 1.19 bits per heavy atom. The molecule has 138 valence electrons. The molecule has 26 heavy (non-hydrogen) atoms. The molecule has 8 nitrogen and oxygen atoms in total. The third-order valence-electron chi connectivity index (χ3n) is 3.54. The lowest BCUT2D eigenvalue weighted by atomic mass is 10.1. The standard InChI is InChI=1S/C17H21N5O3S/c1-17(2,3)21-26(23,24)13-7-12(8-19-16(13)25-4)11-5-6-15-20-14(18)10-22(15)9-11/h5-10,21H,18H2,1-4H3. The molecule has 0 saturated heterocycles. The van der Waals surface area contributed by atoms with Crippen LogP contribution in [0.25, 0.3) is 16.8 Å². The monoisotopic (exact) mass is 375 g/mol. The number of aromatic nitrogens is 3. The molecule has 0 aliphatic rings. The highest BCUT2D eigenvalue weighted by Crippen LogP contribution is 2.28. The summed E-state index contributed by atoms with van der Waals surface area (Å²) in [5.41, 5.74) is 7.19. The second kappa shape index (κ2) is 6.26. The highest BCUT2D eigenvalue weighted by molar-refractivity contribution is 7.89. The summed E-state index contributed by atoms with van der Waals surface area (Å²) in [6.45, 7) is 5.31. The lowest BCUT2D eigenvalue weighted by Gasteiger charge is -2.21. The minimum Gasteiger partial charge on any atom is -0.480 e. The van der Waals surface area contributed by atoms with Gasteiger partial charge in [0.2, 0.25) is 15.9 Å². The number of nitrogen functional groups attached to an aromatic ring is 1. The number of sulfonamides is 1. The predicted octanol–water partition coefficient (Wildman–Crippen LogP) is 2.06. The van der Waals surface area contributed by atoms with Crippen LogP contribution in [0.2, 0.25) is 0 Å². The number of pyridine rings is 2. The largest absolute Gasteiger partial charge is 0.480 e. The number of imidazole rings is 1. The van der Waals surface area contributed by atoms with Crippen molar-refractivity contribution in [2.24, 2.45) is 0 Å². The van der Waals surface area contributed by atoms with Crippen molar-refractivity contribution in [2.45, 2.75) is 31.2 Å². The Kier molecular flexibility index (Phi) is 4.37. The van der Waals surface area contributed by atoms with E-state index >= 15 is 0 Å². The summed E-state index contributed by atoms with van der Waals surface area (Å²) in [5.74, 6) is 0.450. The molecule has 9 heteroatoms. The van der Waals surface area contributed by atoms with Crippen molar-refractivity contribution < 1.29 is 13.2 Å². The third-order valence-corrected chi connectivity index (χ3v) is 5.30. The number of nitrogens with zero attached hydrogens (tertiary/aromatic N) is 3. The van der Waals surface area contributed by atoms with Crippen molar-refractivity contribution in [2.75, 3.05) is 12.8 Å². The highest BCUT2D eigenvalue weighted by atomic mass is 32.2. The molecule has 3 heterocycles. The van der Waals surface area contributed by atoms with Gasteiger partial charge in [-0.05, 0) is 39.0 Å². The summed E-state index contributed by atoms with van der Waals surface area (Å²) >= 11 is 0. The fourth-order valence-electron chi connectivity index (χ4n) is 2.58. The van der Waals surface area contributed by atoms with E-state index in [1.165, 1.54) is 7.11 Å². The molecule has 0 fully saturated rings. The van der Waals surface area contributed by atoms with E-state index in [0.29, 0.717) is 17.0 Å². The maximum Gasteiger partial charge on any atom is 0.246 e. The van der Waals surface area contributed by atoms with Gasteiger partial charge >= 0.3 is 0 Å². The lowest BCUT2D eigenvalue weighted by molar-refractivity contribution is 0.384. The molecule has 3 aromatic heterocycles. The van der Waals surface area contributed by atoms with Crippen LogP contribution in [0, 0.1) is 0 Å². The van der Waals surface area contributed by atoms with Crippen LogP contribution < -0.4 is 15.2 Å². The average molecular weight is 375 g/mol. The van der Waals surface area contributed by atoms with Crippen LogP contribution in [-0.2, 0) is 10.0 Å². The summed E-state index contributed by atoms with van der Waals surface area (Å²) < 4.78 is 35.1. The van der Waals surface area contributed by atoms with Gasteiger partial charge in [0.25, 0.3) is 0 Å². The maximum absolute atomic E-state index is 12.8. The smallest absolute Gasteiger partial charge is 0.246 e. The van der Waals surface area contributed by atoms with E-state index < -0.39 is 15.6 Å². The number of anilines is 1. The summed E-state index contributed by atoms with van der Waals surface area (Å²) in [7, 11) is -2.42. The molecular weight excluding hydrogens is 354 g/mol. The second-order valence-electron chi connectivity index (χ2n) is 6.94. The molecule has 0 radical (unpaired) electrons. The fourth-order valence-corrected chi connectivity index (χ4v) is 4.14. The SMILES string of the molecule is COc1ncc(-c2ccc3nc(N)cn3c2)cc1S(=O)(=O)NC(C)(C)C. The van der Waals surface area contributed by atoms with Crippen LogP contribution in [-0.4, -0.2) is 35.4 Å². The predicted molar refractivity (Wildman–Crippen MR) is 99.5 cm³/mol. The first-order valence-electron chi connectivity index (χ1n) is 7.92. The van der Waals surface area contributed by atoms with Gasteiger partial charge in [0, 0.05) is 29.1 Å². The molecule has 0 atom stereocenters. The van der Waals surface area contributed by atoms with E-state index in [2.05, 4.69) is 14.7 Å². The molecular formula is C17H21N5O3S. The zero-order chi connectivity index (χ0) is 19.1. The van der Waals surface area contributed by atoms with Crippen LogP contribution in [0.15, 0.2) is 41.7 Å². The van der Waals surface area contributed by atoms with Crippen LogP contribution in [0.3, 0.4) is 0 Å². The van der Waals surface area contributed by atoms with Gasteiger partial charge in [-0.1, -0.05) is 0 Å². The number of methoxy groups -OCH3 is 1.